The Morgan fingerprint density at radius 1 is 1.08 bits per heavy atom. The third kappa shape index (κ3) is 3.69. The van der Waals surface area contributed by atoms with Gasteiger partial charge in [0.2, 0.25) is 0 Å². The highest BCUT2D eigenvalue weighted by atomic mass is 32.1. The minimum Gasteiger partial charge on any atom is -0.355 e. The Hall–Kier alpha value is -3.13. The first-order valence-electron chi connectivity index (χ1n) is 7.47. The molecular weight excluding hydrogens is 338 g/mol. The third-order valence-corrected chi connectivity index (χ3v) is 4.52. The zero-order chi connectivity index (χ0) is 17.8. The van der Waals surface area contributed by atoms with Gasteiger partial charge < -0.3 is 10.6 Å². The van der Waals surface area contributed by atoms with Gasteiger partial charge in [0, 0.05) is 30.7 Å². The number of nitrogens with one attached hydrogen (secondary N) is 2. The first kappa shape index (κ1) is 16.7. The van der Waals surface area contributed by atoms with Gasteiger partial charge in [0.05, 0.1) is 5.69 Å². The van der Waals surface area contributed by atoms with Gasteiger partial charge in [0.1, 0.15) is 4.88 Å². The number of benzene rings is 1. The van der Waals surface area contributed by atoms with Gasteiger partial charge >= 0.3 is 0 Å². The van der Waals surface area contributed by atoms with E-state index in [0.717, 1.165) is 0 Å². The molecular formula is C17H15N5O2S. The molecule has 0 aliphatic heterocycles. The number of amides is 2. The van der Waals surface area contributed by atoms with Crippen LogP contribution in [0.15, 0.2) is 42.7 Å². The molecule has 0 bridgehead atoms. The smallest absolute Gasteiger partial charge is 0.267 e. The summed E-state index contributed by atoms with van der Waals surface area (Å²) in [5, 5.41) is 5.93. The van der Waals surface area contributed by atoms with E-state index < -0.39 is 0 Å². The van der Waals surface area contributed by atoms with Crippen molar-refractivity contribution in [2.24, 2.45) is 0 Å². The van der Waals surface area contributed by atoms with Gasteiger partial charge in [0.25, 0.3) is 11.8 Å². The summed E-state index contributed by atoms with van der Waals surface area (Å²) in [4.78, 5) is 37.4. The molecule has 1 aromatic carbocycles. The molecule has 0 atom stereocenters. The molecule has 2 aromatic heterocycles. The number of hydrogen-bond donors (Lipinski definition) is 2. The first-order valence-corrected chi connectivity index (χ1v) is 8.28. The molecule has 0 saturated heterocycles. The van der Waals surface area contributed by atoms with Crippen LogP contribution in [0.3, 0.4) is 0 Å². The maximum absolute atomic E-state index is 12.5. The van der Waals surface area contributed by atoms with E-state index in [9.17, 15) is 9.59 Å². The second kappa shape index (κ2) is 7.18. The summed E-state index contributed by atoms with van der Waals surface area (Å²) >= 11 is 1.23. The van der Waals surface area contributed by atoms with E-state index in [1.807, 2.05) is 0 Å². The van der Waals surface area contributed by atoms with E-state index in [1.165, 1.54) is 11.3 Å². The SMILES string of the molecule is CNC(=O)c1cccc(NC(=O)c2sc(-c3ncccn3)nc2C)c1. The van der Waals surface area contributed by atoms with Crippen molar-refractivity contribution in [1.29, 1.82) is 0 Å². The zero-order valence-electron chi connectivity index (χ0n) is 13.6. The number of thiazole rings is 1. The monoisotopic (exact) mass is 353 g/mol. The Balaban J connectivity index is 1.83. The number of aromatic nitrogens is 3. The largest absolute Gasteiger partial charge is 0.355 e. The van der Waals surface area contributed by atoms with Crippen LogP contribution in [0, 0.1) is 6.92 Å². The van der Waals surface area contributed by atoms with Crippen molar-refractivity contribution in [2.45, 2.75) is 6.92 Å². The molecule has 2 heterocycles. The minimum absolute atomic E-state index is 0.214. The number of aryl methyl sites for hydroxylation is 1. The molecule has 0 radical (unpaired) electrons. The number of rotatable bonds is 4. The lowest BCUT2D eigenvalue weighted by atomic mass is 10.2. The second-order valence-corrected chi connectivity index (χ2v) is 6.12. The van der Waals surface area contributed by atoms with E-state index in [4.69, 9.17) is 0 Å². The van der Waals surface area contributed by atoms with Crippen molar-refractivity contribution in [1.82, 2.24) is 20.3 Å². The molecule has 7 nitrogen and oxygen atoms in total. The number of nitrogens with zero attached hydrogens (tertiary/aromatic N) is 3. The molecule has 2 amide bonds. The standard InChI is InChI=1S/C17H15N5O2S/c1-10-13(25-17(21-10)14-19-7-4-8-20-14)16(24)22-12-6-3-5-11(9-12)15(23)18-2/h3-9H,1-2H3,(H,18,23)(H,22,24). The van der Waals surface area contributed by atoms with Crippen LogP contribution in [0.2, 0.25) is 0 Å². The van der Waals surface area contributed by atoms with Crippen molar-refractivity contribution >= 4 is 28.8 Å². The van der Waals surface area contributed by atoms with Gasteiger partial charge in [-0.2, -0.15) is 0 Å². The Bertz CT molecular complexity index is 924. The summed E-state index contributed by atoms with van der Waals surface area (Å²) in [5.74, 6) is -0.0175. The van der Waals surface area contributed by atoms with Gasteiger partial charge in [-0.05, 0) is 31.2 Å². The van der Waals surface area contributed by atoms with Crippen LogP contribution in [0.25, 0.3) is 10.8 Å². The Morgan fingerprint density at radius 3 is 2.56 bits per heavy atom. The van der Waals surface area contributed by atoms with E-state index in [0.29, 0.717) is 32.7 Å². The molecule has 0 saturated carbocycles. The van der Waals surface area contributed by atoms with Gasteiger partial charge in [-0.25, -0.2) is 15.0 Å². The van der Waals surface area contributed by atoms with Gasteiger partial charge in [-0.1, -0.05) is 6.07 Å². The van der Waals surface area contributed by atoms with Crippen molar-refractivity contribution < 1.29 is 9.59 Å². The third-order valence-electron chi connectivity index (χ3n) is 3.37. The molecule has 0 aliphatic rings. The van der Waals surface area contributed by atoms with E-state index in [-0.39, 0.29) is 11.8 Å². The Morgan fingerprint density at radius 2 is 1.84 bits per heavy atom. The van der Waals surface area contributed by atoms with Crippen LogP contribution >= 0.6 is 11.3 Å². The number of hydrogen-bond acceptors (Lipinski definition) is 6. The second-order valence-electron chi connectivity index (χ2n) is 5.12. The van der Waals surface area contributed by atoms with Crippen LogP contribution in [0.1, 0.15) is 25.7 Å². The lowest BCUT2D eigenvalue weighted by Crippen LogP contribution is -2.18. The summed E-state index contributed by atoms with van der Waals surface area (Å²) in [6.45, 7) is 1.76. The quantitative estimate of drug-likeness (QED) is 0.751. The van der Waals surface area contributed by atoms with Crippen molar-refractivity contribution in [2.75, 3.05) is 12.4 Å². The Kier molecular flexibility index (Phi) is 4.80. The molecule has 0 fully saturated rings. The highest BCUT2D eigenvalue weighted by Gasteiger charge is 2.18. The fourth-order valence-electron chi connectivity index (χ4n) is 2.18. The molecule has 0 spiro atoms. The summed E-state index contributed by atoms with van der Waals surface area (Å²) in [6.07, 6.45) is 3.26. The lowest BCUT2D eigenvalue weighted by molar-refractivity contribution is 0.0961. The highest BCUT2D eigenvalue weighted by Crippen LogP contribution is 2.26. The van der Waals surface area contributed by atoms with E-state index >= 15 is 0 Å². The van der Waals surface area contributed by atoms with Crippen LogP contribution in [0.4, 0.5) is 5.69 Å². The van der Waals surface area contributed by atoms with Crippen molar-refractivity contribution in [3.05, 3.63) is 58.9 Å². The Labute approximate surface area is 148 Å². The maximum atomic E-state index is 12.5. The zero-order valence-corrected chi connectivity index (χ0v) is 14.4. The number of anilines is 1. The van der Waals surface area contributed by atoms with Gasteiger partial charge in [-0.3, -0.25) is 9.59 Å². The fourth-order valence-corrected chi connectivity index (χ4v) is 3.09. The summed E-state index contributed by atoms with van der Waals surface area (Å²) < 4.78 is 0. The maximum Gasteiger partial charge on any atom is 0.267 e. The summed E-state index contributed by atoms with van der Waals surface area (Å²) in [5.41, 5.74) is 1.61. The van der Waals surface area contributed by atoms with Crippen LogP contribution in [0.5, 0.6) is 0 Å². The molecule has 3 aromatic rings. The van der Waals surface area contributed by atoms with Crippen LogP contribution in [-0.2, 0) is 0 Å². The van der Waals surface area contributed by atoms with E-state index in [2.05, 4.69) is 25.6 Å². The molecule has 126 valence electrons. The highest BCUT2D eigenvalue weighted by molar-refractivity contribution is 7.17. The molecule has 8 heteroatoms. The van der Waals surface area contributed by atoms with Crippen LogP contribution in [-0.4, -0.2) is 33.8 Å². The fraction of sp³-hybridized carbons (Fsp3) is 0.118. The predicted octanol–water partition coefficient (Wildman–Crippen LogP) is 2.52. The van der Waals surface area contributed by atoms with Crippen molar-refractivity contribution in [3.8, 4) is 10.8 Å². The molecule has 0 unspecified atom stereocenters. The lowest BCUT2D eigenvalue weighted by Gasteiger charge is -2.06. The number of carbonyl (C=O) groups is 2. The molecule has 25 heavy (non-hydrogen) atoms. The van der Waals surface area contributed by atoms with Crippen molar-refractivity contribution in [3.63, 3.8) is 0 Å². The van der Waals surface area contributed by atoms with Crippen LogP contribution < -0.4 is 10.6 Å². The van der Waals surface area contributed by atoms with E-state index in [1.54, 1.807) is 56.7 Å². The normalized spacial score (nSPS) is 10.3. The average Bonchev–Trinajstić information content (AvgIpc) is 3.04. The van der Waals surface area contributed by atoms with Gasteiger partial charge in [-0.15, -0.1) is 11.3 Å². The average molecular weight is 353 g/mol. The predicted molar refractivity (Wildman–Crippen MR) is 95.7 cm³/mol. The number of carbonyl (C=O) groups excluding carboxylic acids is 2. The van der Waals surface area contributed by atoms with Gasteiger partial charge in [0.15, 0.2) is 10.8 Å². The topological polar surface area (TPSA) is 96.9 Å². The first-order chi connectivity index (χ1) is 12.1. The summed E-state index contributed by atoms with van der Waals surface area (Å²) in [7, 11) is 1.56. The molecule has 2 N–H and O–H groups in total. The molecule has 3 rings (SSSR count). The minimum atomic E-state index is -0.286. The molecule has 0 aliphatic carbocycles. The summed E-state index contributed by atoms with van der Waals surface area (Å²) in [6, 6.07) is 8.45.